The van der Waals surface area contributed by atoms with Crippen LogP contribution in [0.2, 0.25) is 0 Å². The molecule has 0 spiro atoms. The second-order valence-electron chi connectivity index (χ2n) is 9.66. The van der Waals surface area contributed by atoms with Crippen LogP contribution in [-0.4, -0.2) is 33.0 Å². The SMILES string of the molecule is C=CCO[C@@H](CCOCc1ccc(OC)cc1)COC(C1=CC=CCC1)(c1ccccc1)C1C=CC=CC1. The Morgan fingerprint density at radius 2 is 1.87 bits per heavy atom. The third-order valence-corrected chi connectivity index (χ3v) is 7.15. The van der Waals surface area contributed by atoms with Gasteiger partial charge in [0.2, 0.25) is 0 Å². The number of hydrogen-bond acceptors (Lipinski definition) is 4. The lowest BCUT2D eigenvalue weighted by atomic mass is 9.71. The van der Waals surface area contributed by atoms with E-state index in [1.807, 2.05) is 24.3 Å². The van der Waals surface area contributed by atoms with E-state index >= 15 is 0 Å². The first-order valence-corrected chi connectivity index (χ1v) is 13.6. The summed E-state index contributed by atoms with van der Waals surface area (Å²) in [6, 6.07) is 18.6. The summed E-state index contributed by atoms with van der Waals surface area (Å²) in [5.41, 5.74) is 3.05. The fourth-order valence-corrected chi connectivity index (χ4v) is 5.17. The van der Waals surface area contributed by atoms with E-state index in [-0.39, 0.29) is 12.0 Å². The molecular weight excluding hydrogens is 472 g/mol. The van der Waals surface area contributed by atoms with E-state index in [0.717, 1.165) is 37.0 Å². The lowest BCUT2D eigenvalue weighted by molar-refractivity contribution is -0.105. The number of rotatable bonds is 15. The fraction of sp³-hybridized carbons (Fsp3) is 0.353. The van der Waals surface area contributed by atoms with Crippen molar-refractivity contribution in [3.05, 3.63) is 126 Å². The Labute approximate surface area is 228 Å². The van der Waals surface area contributed by atoms with Gasteiger partial charge in [0.1, 0.15) is 11.4 Å². The molecule has 0 saturated carbocycles. The molecule has 0 bridgehead atoms. The second-order valence-corrected chi connectivity index (χ2v) is 9.66. The highest BCUT2D eigenvalue weighted by atomic mass is 16.5. The number of ether oxygens (including phenoxy) is 4. The van der Waals surface area contributed by atoms with Crippen molar-refractivity contribution in [2.75, 3.05) is 26.9 Å². The average molecular weight is 513 g/mol. The highest BCUT2D eigenvalue weighted by Gasteiger charge is 2.44. The standard InChI is InChI=1S/C34H40O4/c1-3-24-37-33(23-25-36-26-28-19-21-32(35-2)22-20-28)27-38-34(29-13-7-4-8-14-29,30-15-9-5-10-16-30)31-17-11-6-12-18-31/h3-11,13-15,17,19-22,30,33H,1,12,16,18,23-27H2,2H3/t30?,33-,34?/m0/s1. The zero-order valence-corrected chi connectivity index (χ0v) is 22.5. The van der Waals surface area contributed by atoms with Crippen LogP contribution in [0.1, 0.15) is 36.8 Å². The molecule has 0 amide bonds. The smallest absolute Gasteiger partial charge is 0.121 e. The maximum absolute atomic E-state index is 7.08. The molecular formula is C34H40O4. The van der Waals surface area contributed by atoms with Crippen LogP contribution in [0.25, 0.3) is 0 Å². The molecule has 0 saturated heterocycles. The van der Waals surface area contributed by atoms with Gasteiger partial charge in [-0.05, 0) is 54.5 Å². The predicted octanol–water partition coefficient (Wildman–Crippen LogP) is 7.49. The predicted molar refractivity (Wildman–Crippen MR) is 154 cm³/mol. The summed E-state index contributed by atoms with van der Waals surface area (Å²) < 4.78 is 24.5. The molecule has 3 atom stereocenters. The van der Waals surface area contributed by atoms with Crippen LogP contribution in [0.15, 0.2) is 115 Å². The van der Waals surface area contributed by atoms with Crippen LogP contribution in [0, 0.1) is 5.92 Å². The maximum Gasteiger partial charge on any atom is 0.121 e. The van der Waals surface area contributed by atoms with Crippen molar-refractivity contribution in [2.45, 2.75) is 44.0 Å². The molecule has 2 aromatic rings. The molecule has 2 unspecified atom stereocenters. The molecule has 200 valence electrons. The Kier molecular flexibility index (Phi) is 10.8. The van der Waals surface area contributed by atoms with Crippen LogP contribution in [0.4, 0.5) is 0 Å². The number of allylic oxidation sites excluding steroid dienone is 6. The Morgan fingerprint density at radius 3 is 2.55 bits per heavy atom. The molecule has 0 fully saturated rings. The molecule has 0 aromatic heterocycles. The van der Waals surface area contributed by atoms with E-state index in [1.165, 1.54) is 11.1 Å². The lowest BCUT2D eigenvalue weighted by Gasteiger charge is -2.44. The first-order chi connectivity index (χ1) is 18.8. The summed E-state index contributed by atoms with van der Waals surface area (Å²) >= 11 is 0. The molecule has 0 aliphatic heterocycles. The van der Waals surface area contributed by atoms with Gasteiger partial charge in [0.25, 0.3) is 0 Å². The first kappa shape index (κ1) is 27.8. The molecule has 2 aliphatic carbocycles. The average Bonchev–Trinajstić information content (AvgIpc) is 3.00. The van der Waals surface area contributed by atoms with Crippen molar-refractivity contribution in [1.82, 2.24) is 0 Å². The second kappa shape index (κ2) is 14.7. The normalized spacial score (nSPS) is 19.0. The van der Waals surface area contributed by atoms with Crippen molar-refractivity contribution in [3.63, 3.8) is 0 Å². The summed E-state index contributed by atoms with van der Waals surface area (Å²) in [6.45, 7) is 5.91. The molecule has 0 heterocycles. The van der Waals surface area contributed by atoms with Crippen molar-refractivity contribution < 1.29 is 18.9 Å². The molecule has 38 heavy (non-hydrogen) atoms. The molecule has 4 heteroatoms. The topological polar surface area (TPSA) is 36.9 Å². The van der Waals surface area contributed by atoms with E-state index in [4.69, 9.17) is 18.9 Å². The van der Waals surface area contributed by atoms with E-state index in [0.29, 0.717) is 26.4 Å². The van der Waals surface area contributed by atoms with E-state index in [1.54, 1.807) is 13.2 Å². The van der Waals surface area contributed by atoms with E-state index in [9.17, 15) is 0 Å². The van der Waals surface area contributed by atoms with Gasteiger partial charge in [0.05, 0.1) is 33.0 Å². The highest BCUT2D eigenvalue weighted by Crippen LogP contribution is 2.46. The van der Waals surface area contributed by atoms with Gasteiger partial charge in [-0.25, -0.2) is 0 Å². The van der Waals surface area contributed by atoms with Gasteiger partial charge in [0.15, 0.2) is 0 Å². The van der Waals surface area contributed by atoms with Crippen LogP contribution < -0.4 is 4.74 Å². The number of hydrogen-bond donors (Lipinski definition) is 0. The summed E-state index contributed by atoms with van der Waals surface area (Å²) in [5.74, 6) is 1.04. The van der Waals surface area contributed by atoms with Crippen LogP contribution >= 0.6 is 0 Å². The van der Waals surface area contributed by atoms with Crippen molar-refractivity contribution in [3.8, 4) is 5.75 Å². The highest BCUT2D eigenvalue weighted by molar-refractivity contribution is 5.40. The third kappa shape index (κ3) is 7.22. The minimum absolute atomic E-state index is 0.116. The summed E-state index contributed by atoms with van der Waals surface area (Å²) in [4.78, 5) is 0. The van der Waals surface area contributed by atoms with Crippen LogP contribution in [0.3, 0.4) is 0 Å². The van der Waals surface area contributed by atoms with Crippen molar-refractivity contribution >= 4 is 0 Å². The third-order valence-electron chi connectivity index (χ3n) is 7.15. The van der Waals surface area contributed by atoms with Crippen molar-refractivity contribution in [1.29, 1.82) is 0 Å². The summed E-state index contributed by atoms with van der Waals surface area (Å²) in [7, 11) is 1.67. The minimum Gasteiger partial charge on any atom is -0.497 e. The fourth-order valence-electron chi connectivity index (χ4n) is 5.17. The van der Waals surface area contributed by atoms with Gasteiger partial charge in [-0.15, -0.1) is 6.58 Å². The van der Waals surface area contributed by atoms with Crippen LogP contribution in [0.5, 0.6) is 5.75 Å². The number of methoxy groups -OCH3 is 1. The van der Waals surface area contributed by atoms with Gasteiger partial charge in [0, 0.05) is 12.5 Å². The molecule has 4 nitrogen and oxygen atoms in total. The van der Waals surface area contributed by atoms with E-state index < -0.39 is 5.60 Å². The largest absolute Gasteiger partial charge is 0.497 e. The monoisotopic (exact) mass is 512 g/mol. The first-order valence-electron chi connectivity index (χ1n) is 13.6. The zero-order chi connectivity index (χ0) is 26.5. The summed E-state index contributed by atoms with van der Waals surface area (Å²) in [5, 5.41) is 0. The maximum atomic E-state index is 7.08. The molecule has 4 rings (SSSR count). The number of benzene rings is 2. The van der Waals surface area contributed by atoms with Gasteiger partial charge in [-0.2, -0.15) is 0 Å². The minimum atomic E-state index is -0.562. The molecule has 2 aromatic carbocycles. The molecule has 0 N–H and O–H groups in total. The quantitative estimate of drug-likeness (QED) is 0.183. The Hall–Kier alpha value is -3.18. The molecule has 2 aliphatic rings. The van der Waals surface area contributed by atoms with Crippen molar-refractivity contribution in [2.24, 2.45) is 5.92 Å². The van der Waals surface area contributed by atoms with Gasteiger partial charge < -0.3 is 18.9 Å². The summed E-state index contributed by atoms with van der Waals surface area (Å²) in [6.07, 6.45) is 20.8. The zero-order valence-electron chi connectivity index (χ0n) is 22.5. The Balaban J connectivity index is 1.49. The Morgan fingerprint density at radius 1 is 1.03 bits per heavy atom. The van der Waals surface area contributed by atoms with Gasteiger partial charge >= 0.3 is 0 Å². The van der Waals surface area contributed by atoms with Gasteiger partial charge in [-0.1, -0.05) is 91.1 Å². The van der Waals surface area contributed by atoms with Crippen LogP contribution in [-0.2, 0) is 26.4 Å². The van der Waals surface area contributed by atoms with E-state index in [2.05, 4.69) is 79.4 Å². The lowest BCUT2D eigenvalue weighted by Crippen LogP contribution is -2.42. The Bertz CT molecular complexity index is 1110. The molecule has 0 radical (unpaired) electrons. The van der Waals surface area contributed by atoms with Gasteiger partial charge in [-0.3, -0.25) is 0 Å².